The second kappa shape index (κ2) is 6.83. The molecular formula is C14H23N3O. The van der Waals surface area contributed by atoms with Crippen LogP contribution in [0.5, 0.6) is 0 Å². The number of aliphatic hydroxyl groups is 1. The van der Waals surface area contributed by atoms with E-state index in [1.54, 1.807) is 0 Å². The zero-order valence-corrected chi connectivity index (χ0v) is 10.8. The summed E-state index contributed by atoms with van der Waals surface area (Å²) in [6.07, 6.45) is 8.15. The van der Waals surface area contributed by atoms with Crippen molar-refractivity contribution in [2.24, 2.45) is 5.73 Å². The molecule has 1 fully saturated rings. The van der Waals surface area contributed by atoms with Crippen LogP contribution in [-0.4, -0.2) is 40.7 Å². The average Bonchev–Trinajstić information content (AvgIpc) is 2.43. The van der Waals surface area contributed by atoms with Crippen LogP contribution in [0.1, 0.15) is 37.3 Å². The van der Waals surface area contributed by atoms with Crippen molar-refractivity contribution in [1.29, 1.82) is 0 Å². The maximum atomic E-state index is 9.19. The number of pyridine rings is 1. The first-order valence-electron chi connectivity index (χ1n) is 6.83. The molecule has 1 saturated heterocycles. The summed E-state index contributed by atoms with van der Waals surface area (Å²) >= 11 is 0. The van der Waals surface area contributed by atoms with Gasteiger partial charge in [-0.15, -0.1) is 0 Å². The van der Waals surface area contributed by atoms with Crippen molar-refractivity contribution in [1.82, 2.24) is 9.88 Å². The molecule has 0 bridgehead atoms. The summed E-state index contributed by atoms with van der Waals surface area (Å²) in [7, 11) is 0. The normalized spacial score (nSPS) is 22.9. The van der Waals surface area contributed by atoms with Crippen molar-refractivity contribution in [2.45, 2.75) is 37.8 Å². The van der Waals surface area contributed by atoms with Crippen LogP contribution in [0.25, 0.3) is 0 Å². The third-order valence-corrected chi connectivity index (χ3v) is 3.85. The van der Waals surface area contributed by atoms with Crippen LogP contribution in [0, 0.1) is 0 Å². The van der Waals surface area contributed by atoms with Crippen LogP contribution in [0.2, 0.25) is 0 Å². The first-order chi connectivity index (χ1) is 8.86. The van der Waals surface area contributed by atoms with E-state index in [1.165, 1.54) is 24.8 Å². The van der Waals surface area contributed by atoms with E-state index in [9.17, 15) is 5.11 Å². The van der Waals surface area contributed by atoms with Crippen LogP contribution >= 0.6 is 0 Å². The van der Waals surface area contributed by atoms with Gasteiger partial charge in [-0.3, -0.25) is 9.88 Å². The number of rotatable bonds is 5. The first kappa shape index (κ1) is 13.5. The fraction of sp³-hybridized carbons (Fsp3) is 0.643. The van der Waals surface area contributed by atoms with Gasteiger partial charge in [-0.25, -0.2) is 0 Å². The molecule has 2 unspecified atom stereocenters. The topological polar surface area (TPSA) is 62.4 Å². The van der Waals surface area contributed by atoms with Crippen LogP contribution in [0.4, 0.5) is 0 Å². The van der Waals surface area contributed by atoms with E-state index in [0.717, 1.165) is 13.0 Å². The van der Waals surface area contributed by atoms with E-state index in [0.29, 0.717) is 12.6 Å². The molecule has 1 aliphatic rings. The highest BCUT2D eigenvalue weighted by Crippen LogP contribution is 2.29. The molecule has 2 rings (SSSR count). The van der Waals surface area contributed by atoms with Gasteiger partial charge in [0.05, 0.1) is 0 Å². The lowest BCUT2D eigenvalue weighted by Crippen LogP contribution is -2.44. The van der Waals surface area contributed by atoms with Gasteiger partial charge in [-0.05, 0) is 43.5 Å². The van der Waals surface area contributed by atoms with Crippen LogP contribution in [-0.2, 0) is 0 Å². The maximum Gasteiger partial charge on any atom is 0.0474 e. The van der Waals surface area contributed by atoms with Gasteiger partial charge in [0.2, 0.25) is 0 Å². The van der Waals surface area contributed by atoms with Gasteiger partial charge < -0.3 is 10.8 Å². The molecule has 2 heterocycles. The minimum atomic E-state index is 0.254. The largest absolute Gasteiger partial charge is 0.396 e. The number of hydrogen-bond acceptors (Lipinski definition) is 4. The molecule has 0 spiro atoms. The smallest absolute Gasteiger partial charge is 0.0474 e. The van der Waals surface area contributed by atoms with Gasteiger partial charge in [0.15, 0.2) is 0 Å². The number of nitrogens with two attached hydrogens (primary N) is 1. The van der Waals surface area contributed by atoms with Gasteiger partial charge in [0.1, 0.15) is 0 Å². The Morgan fingerprint density at radius 3 is 2.83 bits per heavy atom. The number of likely N-dealkylation sites (tertiary alicyclic amines) is 1. The molecule has 0 aliphatic carbocycles. The van der Waals surface area contributed by atoms with Crippen molar-refractivity contribution in [2.75, 3.05) is 19.7 Å². The van der Waals surface area contributed by atoms with E-state index in [1.807, 2.05) is 24.5 Å². The molecule has 18 heavy (non-hydrogen) atoms. The predicted molar refractivity (Wildman–Crippen MR) is 72.1 cm³/mol. The summed E-state index contributed by atoms with van der Waals surface area (Å²) in [5, 5.41) is 9.19. The van der Waals surface area contributed by atoms with Gasteiger partial charge in [0, 0.05) is 37.6 Å². The van der Waals surface area contributed by atoms with E-state index in [-0.39, 0.29) is 12.6 Å². The lowest BCUT2D eigenvalue weighted by atomic mass is 9.95. The van der Waals surface area contributed by atoms with Crippen molar-refractivity contribution >= 4 is 0 Å². The highest BCUT2D eigenvalue weighted by molar-refractivity contribution is 5.16. The molecular weight excluding hydrogens is 226 g/mol. The fourth-order valence-electron chi connectivity index (χ4n) is 2.94. The molecule has 100 valence electrons. The molecule has 3 N–H and O–H groups in total. The fourth-order valence-corrected chi connectivity index (χ4v) is 2.94. The molecule has 0 saturated carbocycles. The van der Waals surface area contributed by atoms with E-state index < -0.39 is 0 Å². The van der Waals surface area contributed by atoms with Crippen LogP contribution in [0.3, 0.4) is 0 Å². The number of piperidine rings is 1. The Labute approximate surface area is 109 Å². The number of nitrogens with zero attached hydrogens (tertiary/aromatic N) is 2. The predicted octanol–water partition coefficient (Wildman–Crippen LogP) is 1.32. The van der Waals surface area contributed by atoms with Crippen molar-refractivity contribution in [3.05, 3.63) is 30.1 Å². The number of hydrogen-bond donors (Lipinski definition) is 2. The Hall–Kier alpha value is -0.970. The summed E-state index contributed by atoms with van der Waals surface area (Å²) in [6, 6.07) is 4.81. The summed E-state index contributed by atoms with van der Waals surface area (Å²) in [5.74, 6) is 0. The third-order valence-electron chi connectivity index (χ3n) is 3.85. The standard InChI is InChI=1S/C14H23N3O/c15-11-14(12-4-7-16-8-5-12)17-9-2-1-3-13(17)6-10-18/h4-5,7-8,13-14,18H,1-3,6,9-11,15H2. The van der Waals surface area contributed by atoms with Gasteiger partial charge in [-0.1, -0.05) is 6.42 Å². The third kappa shape index (κ3) is 3.07. The maximum absolute atomic E-state index is 9.19. The lowest BCUT2D eigenvalue weighted by Gasteiger charge is -2.41. The van der Waals surface area contributed by atoms with E-state index in [2.05, 4.69) is 9.88 Å². The summed E-state index contributed by atoms with van der Waals surface area (Å²) in [5.41, 5.74) is 7.20. The lowest BCUT2D eigenvalue weighted by molar-refractivity contribution is 0.0782. The van der Waals surface area contributed by atoms with E-state index in [4.69, 9.17) is 5.73 Å². The molecule has 1 aliphatic heterocycles. The minimum Gasteiger partial charge on any atom is -0.396 e. The second-order valence-corrected chi connectivity index (χ2v) is 4.93. The molecule has 4 nitrogen and oxygen atoms in total. The molecule has 1 aromatic heterocycles. The highest BCUT2D eigenvalue weighted by Gasteiger charge is 2.28. The monoisotopic (exact) mass is 249 g/mol. The molecule has 0 amide bonds. The number of aliphatic hydroxyl groups excluding tert-OH is 1. The Morgan fingerprint density at radius 2 is 2.17 bits per heavy atom. The SMILES string of the molecule is NCC(c1ccncc1)N1CCCCC1CCO. The highest BCUT2D eigenvalue weighted by atomic mass is 16.3. The molecule has 0 radical (unpaired) electrons. The van der Waals surface area contributed by atoms with Crippen LogP contribution in [0.15, 0.2) is 24.5 Å². The van der Waals surface area contributed by atoms with Gasteiger partial charge >= 0.3 is 0 Å². The van der Waals surface area contributed by atoms with E-state index >= 15 is 0 Å². The second-order valence-electron chi connectivity index (χ2n) is 4.93. The molecule has 4 heteroatoms. The Morgan fingerprint density at radius 1 is 1.39 bits per heavy atom. The number of aromatic nitrogens is 1. The molecule has 0 aromatic carbocycles. The first-order valence-corrected chi connectivity index (χ1v) is 6.83. The Kier molecular flexibility index (Phi) is 5.11. The summed E-state index contributed by atoms with van der Waals surface area (Å²) in [6.45, 7) is 1.95. The summed E-state index contributed by atoms with van der Waals surface area (Å²) in [4.78, 5) is 6.53. The Balaban J connectivity index is 2.14. The van der Waals surface area contributed by atoms with Crippen molar-refractivity contribution in [3.63, 3.8) is 0 Å². The van der Waals surface area contributed by atoms with Gasteiger partial charge in [0.25, 0.3) is 0 Å². The van der Waals surface area contributed by atoms with Crippen LogP contribution < -0.4 is 5.73 Å². The van der Waals surface area contributed by atoms with Gasteiger partial charge in [-0.2, -0.15) is 0 Å². The zero-order valence-electron chi connectivity index (χ0n) is 10.8. The Bertz CT molecular complexity index is 342. The summed E-state index contributed by atoms with van der Waals surface area (Å²) < 4.78 is 0. The minimum absolute atomic E-state index is 0.254. The quantitative estimate of drug-likeness (QED) is 0.826. The zero-order chi connectivity index (χ0) is 12.8. The van der Waals surface area contributed by atoms with Crippen molar-refractivity contribution in [3.8, 4) is 0 Å². The molecule has 2 atom stereocenters. The average molecular weight is 249 g/mol. The van der Waals surface area contributed by atoms with Crippen molar-refractivity contribution < 1.29 is 5.11 Å². The molecule has 1 aromatic rings.